The van der Waals surface area contributed by atoms with E-state index in [2.05, 4.69) is 15.4 Å². The summed E-state index contributed by atoms with van der Waals surface area (Å²) in [5.74, 6) is 1.02. The molecule has 1 N–H and O–H groups in total. The van der Waals surface area contributed by atoms with Gasteiger partial charge in [-0.15, -0.1) is 0 Å². The normalized spacial score (nSPS) is 15.1. The summed E-state index contributed by atoms with van der Waals surface area (Å²) in [6, 6.07) is 16.9. The average molecular weight is 426 g/mol. The number of nitrogens with zero attached hydrogens (tertiary/aromatic N) is 2. The van der Waals surface area contributed by atoms with Crippen molar-refractivity contribution >= 4 is 17.5 Å². The van der Waals surface area contributed by atoms with Crippen molar-refractivity contribution in [2.24, 2.45) is 0 Å². The monoisotopic (exact) mass is 425 g/mol. The second-order valence-electron chi connectivity index (χ2n) is 7.30. The molecule has 2 aromatic carbocycles. The van der Waals surface area contributed by atoms with E-state index in [1.165, 1.54) is 0 Å². The van der Waals surface area contributed by atoms with E-state index < -0.39 is 0 Å². The van der Waals surface area contributed by atoms with Crippen LogP contribution in [0.5, 0.6) is 5.75 Å². The molecule has 0 spiro atoms. The Morgan fingerprint density at radius 2 is 1.93 bits per heavy atom. The van der Waals surface area contributed by atoms with Crippen LogP contribution in [0.4, 0.5) is 0 Å². The van der Waals surface area contributed by atoms with Gasteiger partial charge in [-0.05, 0) is 61.8 Å². The Kier molecular flexibility index (Phi) is 6.35. The summed E-state index contributed by atoms with van der Waals surface area (Å²) in [7, 11) is 1.62. The van der Waals surface area contributed by atoms with Gasteiger partial charge < -0.3 is 14.6 Å². The number of methoxy groups -OCH3 is 1. The number of rotatable bonds is 7. The first-order chi connectivity index (χ1) is 14.7. The molecule has 3 aromatic rings. The Bertz CT molecular complexity index is 997. The molecule has 0 aliphatic carbocycles. The molecule has 0 bridgehead atoms. The molecule has 0 saturated carbocycles. The van der Waals surface area contributed by atoms with Crippen LogP contribution < -0.4 is 10.1 Å². The summed E-state index contributed by atoms with van der Waals surface area (Å²) in [6.45, 7) is 2.45. The maximum atomic E-state index is 12.7. The van der Waals surface area contributed by atoms with E-state index >= 15 is 0 Å². The van der Waals surface area contributed by atoms with E-state index in [-0.39, 0.29) is 17.6 Å². The molecule has 2 heterocycles. The van der Waals surface area contributed by atoms with E-state index in [4.69, 9.17) is 20.9 Å². The molecule has 6 nitrogen and oxygen atoms in total. The summed E-state index contributed by atoms with van der Waals surface area (Å²) in [6.07, 6.45) is 2.31. The Balaban J connectivity index is 1.46. The van der Waals surface area contributed by atoms with Crippen molar-refractivity contribution in [3.05, 3.63) is 70.9 Å². The fraction of sp³-hybridized carbons (Fsp3) is 0.304. The Hall–Kier alpha value is -2.83. The summed E-state index contributed by atoms with van der Waals surface area (Å²) in [5, 5.41) is 7.66. The van der Waals surface area contributed by atoms with Gasteiger partial charge in [0.2, 0.25) is 0 Å². The van der Waals surface area contributed by atoms with Gasteiger partial charge in [0, 0.05) is 23.2 Å². The molecule has 1 amide bonds. The highest BCUT2D eigenvalue weighted by atomic mass is 35.5. The maximum absolute atomic E-state index is 12.7. The third-order valence-corrected chi connectivity index (χ3v) is 5.76. The van der Waals surface area contributed by atoms with Crippen LogP contribution in [0.15, 0.2) is 59.1 Å². The minimum Gasteiger partial charge on any atom is -0.497 e. The second-order valence-corrected chi connectivity index (χ2v) is 7.70. The number of hydrogen-bond donors (Lipinski definition) is 1. The molecule has 7 heteroatoms. The lowest BCUT2D eigenvalue weighted by atomic mass is 10.1. The Morgan fingerprint density at radius 1 is 1.20 bits per heavy atom. The number of ether oxygens (including phenoxy) is 1. The van der Waals surface area contributed by atoms with Gasteiger partial charge >= 0.3 is 0 Å². The summed E-state index contributed by atoms with van der Waals surface area (Å²) in [4.78, 5) is 15.1. The molecule has 4 rings (SSSR count). The van der Waals surface area contributed by atoms with E-state index in [1.807, 2.05) is 48.5 Å². The zero-order chi connectivity index (χ0) is 20.9. The lowest BCUT2D eigenvalue weighted by Gasteiger charge is -2.28. The fourth-order valence-electron chi connectivity index (χ4n) is 3.79. The van der Waals surface area contributed by atoms with Gasteiger partial charge in [0.25, 0.3) is 5.91 Å². The van der Waals surface area contributed by atoms with Crippen LogP contribution in [0.2, 0.25) is 5.02 Å². The van der Waals surface area contributed by atoms with Crippen molar-refractivity contribution in [3.8, 4) is 17.1 Å². The highest BCUT2D eigenvalue weighted by Crippen LogP contribution is 2.30. The number of carbonyl (C=O) groups is 1. The molecule has 156 valence electrons. The fourth-order valence-corrected chi connectivity index (χ4v) is 4.05. The molecule has 30 heavy (non-hydrogen) atoms. The van der Waals surface area contributed by atoms with Crippen LogP contribution in [0.25, 0.3) is 11.3 Å². The Morgan fingerprint density at radius 3 is 2.63 bits per heavy atom. The lowest BCUT2D eigenvalue weighted by Crippen LogP contribution is -2.37. The van der Waals surface area contributed by atoms with E-state index in [0.29, 0.717) is 17.3 Å². The van der Waals surface area contributed by atoms with Crippen LogP contribution >= 0.6 is 11.6 Å². The lowest BCUT2D eigenvalue weighted by molar-refractivity contribution is 0.0929. The molecule has 1 aromatic heterocycles. The summed E-state index contributed by atoms with van der Waals surface area (Å²) >= 11 is 6.45. The number of hydrogen-bond acceptors (Lipinski definition) is 5. The maximum Gasteiger partial charge on any atom is 0.273 e. The molecule has 0 radical (unpaired) electrons. The molecule has 1 unspecified atom stereocenters. The second kappa shape index (κ2) is 9.32. The number of benzene rings is 2. The van der Waals surface area contributed by atoms with Crippen molar-refractivity contribution in [2.75, 3.05) is 26.7 Å². The highest BCUT2D eigenvalue weighted by molar-refractivity contribution is 6.31. The number of nitrogens with one attached hydrogen (secondary N) is 1. The van der Waals surface area contributed by atoms with Gasteiger partial charge in [-0.1, -0.05) is 35.0 Å². The van der Waals surface area contributed by atoms with E-state index in [0.717, 1.165) is 42.8 Å². The topological polar surface area (TPSA) is 67.6 Å². The van der Waals surface area contributed by atoms with Crippen molar-refractivity contribution in [1.29, 1.82) is 0 Å². The van der Waals surface area contributed by atoms with Crippen molar-refractivity contribution < 1.29 is 14.1 Å². The molecule has 1 saturated heterocycles. The zero-order valence-electron chi connectivity index (χ0n) is 16.8. The van der Waals surface area contributed by atoms with Gasteiger partial charge in [0.1, 0.15) is 5.75 Å². The minimum absolute atomic E-state index is 0.0260. The van der Waals surface area contributed by atoms with E-state index in [1.54, 1.807) is 13.2 Å². The Labute approximate surface area is 180 Å². The van der Waals surface area contributed by atoms with Crippen molar-refractivity contribution in [1.82, 2.24) is 15.4 Å². The van der Waals surface area contributed by atoms with Crippen LogP contribution in [-0.2, 0) is 0 Å². The first kappa shape index (κ1) is 20.4. The third-order valence-electron chi connectivity index (χ3n) is 5.42. The van der Waals surface area contributed by atoms with Crippen molar-refractivity contribution in [3.63, 3.8) is 0 Å². The summed E-state index contributed by atoms with van der Waals surface area (Å²) in [5.41, 5.74) is 2.11. The number of halogens is 1. The van der Waals surface area contributed by atoms with E-state index in [9.17, 15) is 4.79 Å². The smallest absolute Gasteiger partial charge is 0.273 e. The average Bonchev–Trinajstić information content (AvgIpc) is 3.48. The first-order valence-corrected chi connectivity index (χ1v) is 10.4. The molecule has 1 fully saturated rings. The first-order valence-electron chi connectivity index (χ1n) is 10.0. The van der Waals surface area contributed by atoms with Gasteiger partial charge in [-0.3, -0.25) is 9.69 Å². The molecular formula is C23H24ClN3O3. The highest BCUT2D eigenvalue weighted by Gasteiger charge is 2.26. The third kappa shape index (κ3) is 4.50. The molecule has 1 aliphatic rings. The van der Waals surface area contributed by atoms with Gasteiger partial charge in [-0.2, -0.15) is 0 Å². The molecule has 1 atom stereocenters. The summed E-state index contributed by atoms with van der Waals surface area (Å²) < 4.78 is 10.5. The SMILES string of the molecule is COc1ccc(-c2cc(C(=O)NCC(c3ccccc3Cl)N3CCCC3)no2)cc1. The molecular weight excluding hydrogens is 402 g/mol. The van der Waals surface area contributed by atoms with Crippen LogP contribution in [0.3, 0.4) is 0 Å². The van der Waals surface area contributed by atoms with Crippen molar-refractivity contribution in [2.45, 2.75) is 18.9 Å². The predicted octanol–water partition coefficient (Wildman–Crippen LogP) is 4.57. The number of aromatic nitrogens is 1. The van der Waals surface area contributed by atoms with Crippen LogP contribution in [-0.4, -0.2) is 42.7 Å². The standard InChI is InChI=1S/C23H24ClN3O3/c1-29-17-10-8-16(9-11-17)22-14-20(26-30-22)23(28)25-15-21(27-12-4-5-13-27)18-6-2-3-7-19(18)24/h2-3,6-11,14,21H,4-5,12-13,15H2,1H3,(H,25,28). The van der Waals surface area contributed by atoms with Crippen LogP contribution in [0.1, 0.15) is 34.9 Å². The number of likely N-dealkylation sites (tertiary alicyclic amines) is 1. The molecule has 1 aliphatic heterocycles. The number of carbonyl (C=O) groups excluding carboxylic acids is 1. The number of amides is 1. The predicted molar refractivity (Wildman–Crippen MR) is 116 cm³/mol. The van der Waals surface area contributed by atoms with Gasteiger partial charge in [0.05, 0.1) is 13.2 Å². The van der Waals surface area contributed by atoms with Crippen LogP contribution in [0, 0.1) is 0 Å². The minimum atomic E-state index is -0.269. The largest absolute Gasteiger partial charge is 0.497 e. The van der Waals surface area contributed by atoms with Gasteiger partial charge in [-0.25, -0.2) is 0 Å². The zero-order valence-corrected chi connectivity index (χ0v) is 17.6. The quantitative estimate of drug-likeness (QED) is 0.600. The van der Waals surface area contributed by atoms with Gasteiger partial charge in [0.15, 0.2) is 11.5 Å².